The van der Waals surface area contributed by atoms with Crippen molar-refractivity contribution >= 4 is 0 Å². The molecule has 1 N–H and O–H groups in total. The van der Waals surface area contributed by atoms with Crippen molar-refractivity contribution in [3.05, 3.63) is 0 Å². The van der Waals surface area contributed by atoms with Crippen molar-refractivity contribution in [2.24, 2.45) is 0 Å². The van der Waals surface area contributed by atoms with Gasteiger partial charge in [0.2, 0.25) is 0 Å². The van der Waals surface area contributed by atoms with Crippen molar-refractivity contribution in [3.63, 3.8) is 0 Å². The lowest BCUT2D eigenvalue weighted by atomic mass is 10.0. The second-order valence-corrected chi connectivity index (χ2v) is 3.63. The number of nitrogens with zero attached hydrogens (tertiary/aromatic N) is 1. The van der Waals surface area contributed by atoms with E-state index in [0.29, 0.717) is 0 Å². The lowest BCUT2D eigenvalue weighted by Gasteiger charge is -2.29. The first kappa shape index (κ1) is 10.0. The molecule has 1 saturated heterocycles. The van der Waals surface area contributed by atoms with Crippen molar-refractivity contribution in [2.45, 2.75) is 39.2 Å². The van der Waals surface area contributed by atoms with Crippen LogP contribution in [0.5, 0.6) is 0 Å². The van der Waals surface area contributed by atoms with E-state index in [1.165, 1.54) is 45.4 Å². The van der Waals surface area contributed by atoms with Gasteiger partial charge in [-0.2, -0.15) is 0 Å². The Balaban J connectivity index is 2.18. The maximum Gasteiger partial charge on any atom is 0.0195 e. The van der Waals surface area contributed by atoms with Gasteiger partial charge in [-0.05, 0) is 32.5 Å². The molecule has 0 aromatic carbocycles. The molecule has 1 aliphatic rings. The van der Waals surface area contributed by atoms with Crippen molar-refractivity contribution in [3.8, 4) is 0 Å². The number of rotatable bonds is 4. The van der Waals surface area contributed by atoms with Gasteiger partial charge < -0.3 is 10.2 Å². The Morgan fingerprint density at radius 1 is 1.25 bits per heavy atom. The van der Waals surface area contributed by atoms with Gasteiger partial charge >= 0.3 is 0 Å². The van der Waals surface area contributed by atoms with Gasteiger partial charge in [0.05, 0.1) is 0 Å². The highest BCUT2D eigenvalue weighted by molar-refractivity contribution is 4.75. The fourth-order valence-electron chi connectivity index (χ4n) is 1.87. The van der Waals surface area contributed by atoms with Crippen LogP contribution in [0.15, 0.2) is 0 Å². The minimum Gasteiger partial charge on any atom is -0.313 e. The van der Waals surface area contributed by atoms with E-state index in [1.54, 1.807) is 0 Å². The molecular formula is C10H22N2. The molecule has 0 aliphatic carbocycles. The Morgan fingerprint density at radius 2 is 2.00 bits per heavy atom. The van der Waals surface area contributed by atoms with Gasteiger partial charge in [-0.15, -0.1) is 0 Å². The molecule has 0 aromatic rings. The summed E-state index contributed by atoms with van der Waals surface area (Å²) >= 11 is 0. The minimum atomic E-state index is 0.763. The maximum absolute atomic E-state index is 3.58. The SMILES string of the molecule is CCN(CC)CC1CCCCN1. The van der Waals surface area contributed by atoms with E-state index >= 15 is 0 Å². The van der Waals surface area contributed by atoms with Crippen molar-refractivity contribution in [2.75, 3.05) is 26.2 Å². The van der Waals surface area contributed by atoms with Gasteiger partial charge in [0.25, 0.3) is 0 Å². The van der Waals surface area contributed by atoms with Crippen LogP contribution in [0.1, 0.15) is 33.1 Å². The highest BCUT2D eigenvalue weighted by atomic mass is 15.1. The number of nitrogens with one attached hydrogen (secondary N) is 1. The normalized spacial score (nSPS) is 24.8. The quantitative estimate of drug-likeness (QED) is 0.687. The van der Waals surface area contributed by atoms with Crippen LogP contribution in [0, 0.1) is 0 Å². The second-order valence-electron chi connectivity index (χ2n) is 3.63. The van der Waals surface area contributed by atoms with Crippen molar-refractivity contribution < 1.29 is 0 Å². The number of hydrogen-bond acceptors (Lipinski definition) is 2. The first-order valence-corrected chi connectivity index (χ1v) is 5.32. The van der Waals surface area contributed by atoms with Gasteiger partial charge in [-0.3, -0.25) is 0 Å². The van der Waals surface area contributed by atoms with E-state index in [-0.39, 0.29) is 0 Å². The fourth-order valence-corrected chi connectivity index (χ4v) is 1.87. The van der Waals surface area contributed by atoms with E-state index in [4.69, 9.17) is 0 Å². The van der Waals surface area contributed by atoms with Crippen LogP contribution in [-0.4, -0.2) is 37.1 Å². The van der Waals surface area contributed by atoms with Gasteiger partial charge in [-0.25, -0.2) is 0 Å². The van der Waals surface area contributed by atoms with E-state index in [9.17, 15) is 0 Å². The second kappa shape index (κ2) is 5.55. The summed E-state index contributed by atoms with van der Waals surface area (Å²) in [6, 6.07) is 0.763. The molecule has 1 aliphatic heterocycles. The largest absolute Gasteiger partial charge is 0.313 e. The van der Waals surface area contributed by atoms with Crippen LogP contribution in [-0.2, 0) is 0 Å². The molecule has 1 fully saturated rings. The molecule has 1 unspecified atom stereocenters. The van der Waals surface area contributed by atoms with Crippen LogP contribution in [0.4, 0.5) is 0 Å². The number of hydrogen-bond donors (Lipinski definition) is 1. The first-order valence-electron chi connectivity index (χ1n) is 5.32. The van der Waals surface area contributed by atoms with E-state index < -0.39 is 0 Å². The highest BCUT2D eigenvalue weighted by Crippen LogP contribution is 2.07. The van der Waals surface area contributed by atoms with Crippen molar-refractivity contribution in [1.82, 2.24) is 10.2 Å². The van der Waals surface area contributed by atoms with Crippen LogP contribution in [0.2, 0.25) is 0 Å². The van der Waals surface area contributed by atoms with Crippen molar-refractivity contribution in [1.29, 1.82) is 0 Å². The Morgan fingerprint density at radius 3 is 2.50 bits per heavy atom. The third-order valence-electron chi connectivity index (χ3n) is 2.79. The highest BCUT2D eigenvalue weighted by Gasteiger charge is 2.14. The lowest BCUT2D eigenvalue weighted by Crippen LogP contribution is -2.43. The van der Waals surface area contributed by atoms with Gasteiger partial charge in [0, 0.05) is 12.6 Å². The number of piperidine rings is 1. The third kappa shape index (κ3) is 3.11. The maximum atomic E-state index is 3.58. The van der Waals surface area contributed by atoms with Crippen LogP contribution >= 0.6 is 0 Å². The topological polar surface area (TPSA) is 15.3 Å². The van der Waals surface area contributed by atoms with E-state index in [0.717, 1.165) is 6.04 Å². The Kier molecular flexibility index (Phi) is 4.62. The molecule has 0 spiro atoms. The van der Waals surface area contributed by atoms with E-state index in [1.807, 2.05) is 0 Å². The van der Waals surface area contributed by atoms with Gasteiger partial charge in [-0.1, -0.05) is 20.3 Å². The molecule has 12 heavy (non-hydrogen) atoms. The average molecular weight is 170 g/mol. The molecule has 0 saturated carbocycles. The summed E-state index contributed by atoms with van der Waals surface area (Å²) < 4.78 is 0. The summed E-state index contributed by atoms with van der Waals surface area (Å²) in [5.41, 5.74) is 0. The van der Waals surface area contributed by atoms with E-state index in [2.05, 4.69) is 24.1 Å². The summed E-state index contributed by atoms with van der Waals surface area (Å²) in [6.45, 7) is 9.33. The number of likely N-dealkylation sites (N-methyl/N-ethyl adjacent to an activating group) is 1. The summed E-state index contributed by atoms with van der Waals surface area (Å²) in [4.78, 5) is 2.50. The summed E-state index contributed by atoms with van der Waals surface area (Å²) in [5, 5.41) is 3.58. The molecule has 0 bridgehead atoms. The van der Waals surface area contributed by atoms with Crippen LogP contribution in [0.25, 0.3) is 0 Å². The summed E-state index contributed by atoms with van der Waals surface area (Å²) in [6.07, 6.45) is 4.16. The van der Waals surface area contributed by atoms with Crippen LogP contribution < -0.4 is 5.32 Å². The summed E-state index contributed by atoms with van der Waals surface area (Å²) in [7, 11) is 0. The fraction of sp³-hybridized carbons (Fsp3) is 1.00. The molecule has 0 aromatic heterocycles. The first-order chi connectivity index (χ1) is 5.86. The van der Waals surface area contributed by atoms with Gasteiger partial charge in [0.15, 0.2) is 0 Å². The average Bonchev–Trinajstić information content (AvgIpc) is 2.16. The summed E-state index contributed by atoms with van der Waals surface area (Å²) in [5.74, 6) is 0. The third-order valence-corrected chi connectivity index (χ3v) is 2.79. The lowest BCUT2D eigenvalue weighted by molar-refractivity contribution is 0.243. The Hall–Kier alpha value is -0.0800. The zero-order chi connectivity index (χ0) is 8.81. The molecule has 1 rings (SSSR count). The Labute approximate surface area is 76.3 Å². The predicted molar refractivity (Wildman–Crippen MR) is 53.4 cm³/mol. The predicted octanol–water partition coefficient (Wildman–Crippen LogP) is 1.47. The minimum absolute atomic E-state index is 0.763. The molecule has 0 radical (unpaired) electrons. The molecular weight excluding hydrogens is 148 g/mol. The smallest absolute Gasteiger partial charge is 0.0195 e. The molecule has 1 heterocycles. The molecule has 2 nitrogen and oxygen atoms in total. The molecule has 2 heteroatoms. The van der Waals surface area contributed by atoms with Gasteiger partial charge in [0.1, 0.15) is 0 Å². The molecule has 72 valence electrons. The molecule has 0 amide bonds. The molecule has 1 atom stereocenters. The van der Waals surface area contributed by atoms with Crippen LogP contribution in [0.3, 0.4) is 0 Å². The standard InChI is InChI=1S/C10H22N2/c1-3-12(4-2)9-10-7-5-6-8-11-10/h10-11H,3-9H2,1-2H3. The monoisotopic (exact) mass is 170 g/mol. The zero-order valence-electron chi connectivity index (χ0n) is 8.47. The zero-order valence-corrected chi connectivity index (χ0v) is 8.47. The Bertz CT molecular complexity index is 104.